The molecule has 1 amide bonds. The van der Waals surface area contributed by atoms with E-state index in [0.29, 0.717) is 22.8 Å². The lowest BCUT2D eigenvalue weighted by Crippen LogP contribution is -2.50. The summed E-state index contributed by atoms with van der Waals surface area (Å²) >= 11 is 5.88. The predicted molar refractivity (Wildman–Crippen MR) is 108 cm³/mol. The number of nitrogens with one attached hydrogen (secondary N) is 1. The summed E-state index contributed by atoms with van der Waals surface area (Å²) in [5, 5.41) is 9.74. The van der Waals surface area contributed by atoms with Crippen molar-refractivity contribution in [2.75, 3.05) is 13.6 Å². The van der Waals surface area contributed by atoms with Crippen molar-refractivity contribution in [1.82, 2.24) is 20.1 Å². The van der Waals surface area contributed by atoms with E-state index in [-0.39, 0.29) is 11.8 Å². The fourth-order valence-electron chi connectivity index (χ4n) is 5.34. The van der Waals surface area contributed by atoms with Crippen LogP contribution in [-0.4, -0.2) is 45.6 Å². The largest absolute Gasteiger partial charge is 0.369 e. The van der Waals surface area contributed by atoms with Gasteiger partial charge >= 0.3 is 0 Å². The molecular weight excluding hydrogens is 374 g/mol. The number of rotatable bonds is 3. The molecule has 2 unspecified atom stereocenters. The molecule has 1 aliphatic carbocycles. The van der Waals surface area contributed by atoms with E-state index >= 15 is 0 Å². The van der Waals surface area contributed by atoms with Gasteiger partial charge in [0.15, 0.2) is 5.15 Å². The van der Waals surface area contributed by atoms with Crippen LogP contribution in [0.5, 0.6) is 0 Å². The molecule has 3 N–H and O–H groups in total. The Morgan fingerprint density at radius 1 is 1.32 bits per heavy atom. The summed E-state index contributed by atoms with van der Waals surface area (Å²) in [6.07, 6.45) is 4.06. The van der Waals surface area contributed by atoms with Crippen LogP contribution < -0.4 is 5.73 Å². The number of halogens is 1. The minimum Gasteiger partial charge on any atom is -0.369 e. The van der Waals surface area contributed by atoms with Gasteiger partial charge in [-0.15, -0.1) is 5.10 Å². The maximum absolute atomic E-state index is 12.4. The molecule has 3 aromatic rings. The highest BCUT2D eigenvalue weighted by molar-refractivity contribution is 6.29. The van der Waals surface area contributed by atoms with Gasteiger partial charge in [0.05, 0.1) is 11.6 Å². The molecule has 28 heavy (non-hydrogen) atoms. The molecular formula is C21H22ClN5O. The van der Waals surface area contributed by atoms with Crippen molar-refractivity contribution < 1.29 is 4.79 Å². The van der Waals surface area contributed by atoms with Crippen LogP contribution in [0.4, 0.5) is 0 Å². The van der Waals surface area contributed by atoms with Gasteiger partial charge in [-0.3, -0.25) is 4.79 Å². The Hall–Kier alpha value is -2.44. The molecule has 3 heterocycles. The van der Waals surface area contributed by atoms with Crippen LogP contribution in [0.25, 0.3) is 10.9 Å². The molecule has 2 aromatic heterocycles. The number of likely N-dealkylation sites (N-methyl/N-ethyl adjacent to an activating group) is 1. The Bertz CT molecular complexity index is 1050. The molecule has 1 aliphatic heterocycles. The summed E-state index contributed by atoms with van der Waals surface area (Å²) in [6.45, 7) is 0.800. The molecule has 1 fully saturated rings. The Balaban J connectivity index is 1.54. The van der Waals surface area contributed by atoms with Gasteiger partial charge in [0, 0.05) is 35.6 Å². The first-order chi connectivity index (χ1) is 13.5. The normalized spacial score (nSPS) is 25.4. The van der Waals surface area contributed by atoms with E-state index in [1.54, 1.807) is 12.1 Å². The van der Waals surface area contributed by atoms with Crippen LogP contribution in [0.1, 0.15) is 35.1 Å². The molecule has 2 aliphatic rings. The van der Waals surface area contributed by atoms with E-state index in [2.05, 4.69) is 51.5 Å². The number of amides is 1. The molecule has 0 bridgehead atoms. The zero-order valence-corrected chi connectivity index (χ0v) is 16.4. The third-order valence-corrected chi connectivity index (χ3v) is 6.71. The minimum atomic E-state index is -0.472. The second kappa shape index (κ2) is 6.57. The SMILES string of the molecule is CN1CC(C(C(N)=O)c2ccc(Cl)nn2)C[C@@H]2c3cccc4[nH]cc(c34)C[C@H]21. The van der Waals surface area contributed by atoms with Crippen LogP contribution >= 0.6 is 11.6 Å². The first-order valence-corrected chi connectivity index (χ1v) is 9.98. The Morgan fingerprint density at radius 3 is 2.93 bits per heavy atom. The summed E-state index contributed by atoms with van der Waals surface area (Å²) in [4.78, 5) is 18.2. The van der Waals surface area contributed by atoms with Gasteiger partial charge in [-0.25, -0.2) is 0 Å². The van der Waals surface area contributed by atoms with Gasteiger partial charge in [0.1, 0.15) is 0 Å². The van der Waals surface area contributed by atoms with E-state index in [1.165, 1.54) is 22.0 Å². The van der Waals surface area contributed by atoms with E-state index in [9.17, 15) is 4.79 Å². The van der Waals surface area contributed by atoms with Gasteiger partial charge in [-0.05, 0) is 55.1 Å². The van der Waals surface area contributed by atoms with Crippen LogP contribution in [0, 0.1) is 5.92 Å². The smallest absolute Gasteiger partial charge is 0.226 e. The average Bonchev–Trinajstić information content (AvgIpc) is 3.09. The monoisotopic (exact) mass is 395 g/mol. The maximum Gasteiger partial charge on any atom is 0.226 e. The molecule has 144 valence electrons. The third kappa shape index (κ3) is 2.71. The highest BCUT2D eigenvalue weighted by Crippen LogP contribution is 2.46. The van der Waals surface area contributed by atoms with Crippen molar-refractivity contribution in [2.24, 2.45) is 11.7 Å². The lowest BCUT2D eigenvalue weighted by molar-refractivity contribution is -0.121. The van der Waals surface area contributed by atoms with Crippen molar-refractivity contribution in [2.45, 2.75) is 30.7 Å². The first-order valence-electron chi connectivity index (χ1n) is 9.60. The zero-order chi connectivity index (χ0) is 19.4. The number of H-pyrrole nitrogens is 1. The average molecular weight is 396 g/mol. The standard InChI is InChI=1S/C21H22ClN5O/c1-27-10-12(20(21(23)28)16-5-6-18(22)26-25-16)7-14-13-3-2-4-15-19(13)11(9-24-15)8-17(14)27/h2-6,9,12,14,17,20,24H,7-8,10H2,1H3,(H2,23,28)/t12?,14-,17-,20?/m1/s1. The van der Waals surface area contributed by atoms with Crippen LogP contribution in [0.2, 0.25) is 5.15 Å². The number of aromatic amines is 1. The number of fused-ring (bicyclic) bond motifs is 2. The van der Waals surface area contributed by atoms with Crippen LogP contribution in [0.3, 0.4) is 0 Å². The van der Waals surface area contributed by atoms with Gasteiger partial charge in [-0.2, -0.15) is 5.10 Å². The topological polar surface area (TPSA) is 87.9 Å². The predicted octanol–water partition coefficient (Wildman–Crippen LogP) is 2.84. The fourth-order valence-corrected chi connectivity index (χ4v) is 5.44. The number of carbonyl (C=O) groups is 1. The number of piperidine rings is 1. The van der Waals surface area contributed by atoms with Crippen molar-refractivity contribution >= 4 is 28.4 Å². The molecule has 5 rings (SSSR count). The number of nitrogens with two attached hydrogens (primary N) is 1. The quantitative estimate of drug-likeness (QED) is 0.713. The molecule has 6 nitrogen and oxygen atoms in total. The summed E-state index contributed by atoms with van der Waals surface area (Å²) in [7, 11) is 2.15. The molecule has 7 heteroatoms. The Kier molecular flexibility index (Phi) is 4.14. The van der Waals surface area contributed by atoms with E-state index in [0.717, 1.165) is 19.4 Å². The number of hydrogen-bond acceptors (Lipinski definition) is 4. The van der Waals surface area contributed by atoms with Crippen LogP contribution in [0.15, 0.2) is 36.5 Å². The highest BCUT2D eigenvalue weighted by Gasteiger charge is 2.43. The number of hydrogen-bond donors (Lipinski definition) is 2. The summed E-state index contributed by atoms with van der Waals surface area (Å²) in [6, 6.07) is 10.3. The number of nitrogens with zero attached hydrogens (tertiary/aromatic N) is 3. The minimum absolute atomic E-state index is 0.0787. The lowest BCUT2D eigenvalue weighted by atomic mass is 9.69. The second-order valence-electron chi connectivity index (χ2n) is 8.06. The first kappa shape index (κ1) is 17.6. The van der Waals surface area contributed by atoms with E-state index in [4.69, 9.17) is 17.3 Å². The summed E-state index contributed by atoms with van der Waals surface area (Å²) in [5.41, 5.74) is 10.4. The third-order valence-electron chi connectivity index (χ3n) is 6.51. The fraction of sp³-hybridized carbons (Fsp3) is 0.381. The number of aromatic nitrogens is 3. The zero-order valence-electron chi connectivity index (χ0n) is 15.6. The highest BCUT2D eigenvalue weighted by atomic mass is 35.5. The Morgan fingerprint density at radius 2 is 2.18 bits per heavy atom. The van der Waals surface area contributed by atoms with E-state index < -0.39 is 5.92 Å². The number of benzene rings is 1. The molecule has 1 aromatic carbocycles. The van der Waals surface area contributed by atoms with Crippen molar-refractivity contribution in [3.8, 4) is 0 Å². The maximum atomic E-state index is 12.4. The van der Waals surface area contributed by atoms with Crippen molar-refractivity contribution in [3.63, 3.8) is 0 Å². The van der Waals surface area contributed by atoms with Gasteiger partial charge in [0.25, 0.3) is 0 Å². The summed E-state index contributed by atoms with van der Waals surface area (Å²) < 4.78 is 0. The molecule has 0 saturated carbocycles. The van der Waals surface area contributed by atoms with Crippen LogP contribution in [-0.2, 0) is 11.2 Å². The molecule has 0 spiro atoms. The lowest BCUT2D eigenvalue weighted by Gasteiger charge is -2.46. The molecule has 1 saturated heterocycles. The molecule has 4 atom stereocenters. The Labute approximate surface area is 168 Å². The number of primary amides is 1. The van der Waals surface area contributed by atoms with Crippen molar-refractivity contribution in [3.05, 3.63) is 58.5 Å². The second-order valence-corrected chi connectivity index (χ2v) is 8.45. The van der Waals surface area contributed by atoms with Gasteiger partial charge < -0.3 is 15.6 Å². The van der Waals surface area contributed by atoms with Gasteiger partial charge in [-0.1, -0.05) is 23.7 Å². The number of likely N-dealkylation sites (tertiary alicyclic amines) is 1. The summed E-state index contributed by atoms with van der Waals surface area (Å²) in [5.74, 6) is -0.391. The number of carbonyl (C=O) groups excluding carboxylic acids is 1. The molecule has 0 radical (unpaired) electrons. The van der Waals surface area contributed by atoms with Gasteiger partial charge in [0.2, 0.25) is 5.91 Å². The van der Waals surface area contributed by atoms with E-state index in [1.807, 2.05) is 0 Å². The van der Waals surface area contributed by atoms with Crippen molar-refractivity contribution in [1.29, 1.82) is 0 Å².